The number of hydrogen-bond donors (Lipinski definition) is 1. The zero-order valence-corrected chi connectivity index (χ0v) is 15.6. The largest absolute Gasteiger partial charge is 0.324 e. The van der Waals surface area contributed by atoms with Gasteiger partial charge < -0.3 is 10.2 Å². The summed E-state index contributed by atoms with van der Waals surface area (Å²) in [6.45, 7) is 2.09. The number of benzene rings is 2. The van der Waals surface area contributed by atoms with E-state index in [0.29, 0.717) is 12.2 Å². The number of carbonyl (C=O) groups excluding carboxylic acids is 2. The first-order valence-corrected chi connectivity index (χ1v) is 10.0. The summed E-state index contributed by atoms with van der Waals surface area (Å²) in [7, 11) is 0. The topological polar surface area (TPSA) is 49.4 Å². The van der Waals surface area contributed by atoms with Gasteiger partial charge in [0.2, 0.25) is 11.8 Å². The summed E-state index contributed by atoms with van der Waals surface area (Å²) in [6.07, 6.45) is 2.18. The minimum Gasteiger partial charge on any atom is -0.324 e. The van der Waals surface area contributed by atoms with Gasteiger partial charge in [0.05, 0.1) is 0 Å². The lowest BCUT2D eigenvalue weighted by Crippen LogP contribution is -2.48. The van der Waals surface area contributed by atoms with Crippen LogP contribution in [-0.2, 0) is 20.9 Å². The van der Waals surface area contributed by atoms with Crippen LogP contribution in [-0.4, -0.2) is 28.5 Å². The molecule has 2 atom stereocenters. The van der Waals surface area contributed by atoms with Crippen LogP contribution in [0.2, 0.25) is 0 Å². The zero-order valence-electron chi connectivity index (χ0n) is 14.8. The number of nitrogens with zero attached hydrogens (tertiary/aromatic N) is 1. The maximum absolute atomic E-state index is 13.0. The molecule has 0 saturated carbocycles. The molecule has 4 nitrogen and oxygen atoms in total. The minimum atomic E-state index is -0.430. The molecule has 0 bridgehead atoms. The van der Waals surface area contributed by atoms with Crippen molar-refractivity contribution in [3.8, 4) is 0 Å². The Hall–Kier alpha value is -2.27. The first-order valence-electron chi connectivity index (χ1n) is 9.05. The van der Waals surface area contributed by atoms with Crippen LogP contribution in [0.1, 0.15) is 30.9 Å². The van der Waals surface area contributed by atoms with E-state index in [-0.39, 0.29) is 11.8 Å². The van der Waals surface area contributed by atoms with E-state index in [1.807, 2.05) is 47.4 Å². The van der Waals surface area contributed by atoms with Crippen LogP contribution in [0.3, 0.4) is 0 Å². The maximum atomic E-state index is 13.0. The Balaban J connectivity index is 1.60. The number of hydrogen-bond acceptors (Lipinski definition) is 3. The monoisotopic (exact) mass is 366 g/mol. The predicted octanol–water partition coefficient (Wildman–Crippen LogP) is 3.78. The molecule has 26 heavy (non-hydrogen) atoms. The molecule has 4 rings (SSSR count). The number of carbonyl (C=O) groups is 2. The highest BCUT2D eigenvalue weighted by molar-refractivity contribution is 8.00. The number of nitrogens with one attached hydrogen (secondary N) is 1. The Morgan fingerprint density at radius 2 is 2.04 bits per heavy atom. The normalized spacial score (nSPS) is 24.6. The fourth-order valence-electron chi connectivity index (χ4n) is 3.93. The minimum absolute atomic E-state index is 0.0707. The van der Waals surface area contributed by atoms with Crippen LogP contribution >= 0.6 is 11.8 Å². The van der Waals surface area contributed by atoms with E-state index in [9.17, 15) is 9.59 Å². The van der Waals surface area contributed by atoms with Gasteiger partial charge in [-0.3, -0.25) is 9.59 Å². The van der Waals surface area contributed by atoms with Crippen LogP contribution in [0.15, 0.2) is 54.6 Å². The number of aryl methyl sites for hydroxylation is 1. The van der Waals surface area contributed by atoms with Crippen LogP contribution in [0.25, 0.3) is 0 Å². The summed E-state index contributed by atoms with van der Waals surface area (Å²) < 4.78 is 0. The Labute approximate surface area is 158 Å². The van der Waals surface area contributed by atoms with Crippen LogP contribution in [0.4, 0.5) is 5.69 Å². The second-order valence-corrected chi connectivity index (χ2v) is 8.08. The van der Waals surface area contributed by atoms with Gasteiger partial charge in [0, 0.05) is 17.9 Å². The molecule has 2 heterocycles. The lowest BCUT2D eigenvalue weighted by atomic mass is 10.0. The van der Waals surface area contributed by atoms with Crippen LogP contribution < -0.4 is 5.32 Å². The fourth-order valence-corrected chi connectivity index (χ4v) is 5.58. The van der Waals surface area contributed by atoms with Gasteiger partial charge in [-0.1, -0.05) is 49.4 Å². The highest BCUT2D eigenvalue weighted by Crippen LogP contribution is 2.54. The fraction of sp³-hybridized carbons (Fsp3) is 0.333. The van der Waals surface area contributed by atoms with Crippen molar-refractivity contribution in [3.63, 3.8) is 0 Å². The van der Waals surface area contributed by atoms with E-state index >= 15 is 0 Å². The Morgan fingerprint density at radius 1 is 1.23 bits per heavy atom. The second kappa shape index (κ2) is 6.80. The van der Waals surface area contributed by atoms with E-state index in [2.05, 4.69) is 24.4 Å². The van der Waals surface area contributed by atoms with Crippen molar-refractivity contribution in [2.24, 2.45) is 0 Å². The second-order valence-electron chi connectivity index (χ2n) is 6.78. The van der Waals surface area contributed by atoms with Gasteiger partial charge in [-0.15, -0.1) is 11.8 Å². The zero-order chi connectivity index (χ0) is 18.1. The van der Waals surface area contributed by atoms with Crippen molar-refractivity contribution in [3.05, 3.63) is 65.7 Å². The summed E-state index contributed by atoms with van der Waals surface area (Å²) in [5.41, 5.74) is 3.09. The number of fused-ring (bicyclic) bond motifs is 1. The average molecular weight is 366 g/mol. The molecule has 5 heteroatoms. The van der Waals surface area contributed by atoms with Crippen molar-refractivity contribution in [2.75, 3.05) is 11.1 Å². The SMILES string of the molecule is CCc1cccc(NC(=O)[C@H]2CS[C@]3(c4ccccc4)CCC(=O)N23)c1. The quantitative estimate of drug-likeness (QED) is 0.896. The number of thioether (sulfide) groups is 1. The van der Waals surface area contributed by atoms with Gasteiger partial charge in [-0.2, -0.15) is 0 Å². The Kier molecular flexibility index (Phi) is 4.49. The summed E-state index contributed by atoms with van der Waals surface area (Å²) in [4.78, 5) is 27.0. The van der Waals surface area contributed by atoms with Gasteiger partial charge in [0.15, 0.2) is 0 Å². The molecule has 2 aliphatic heterocycles. The molecule has 2 aromatic carbocycles. The molecule has 0 aliphatic carbocycles. The van der Waals surface area contributed by atoms with Gasteiger partial charge in [-0.05, 0) is 36.1 Å². The number of rotatable bonds is 4. The van der Waals surface area contributed by atoms with Gasteiger partial charge in [0.25, 0.3) is 0 Å². The lowest BCUT2D eigenvalue weighted by Gasteiger charge is -2.34. The molecule has 2 amide bonds. The molecule has 0 aromatic heterocycles. The summed E-state index contributed by atoms with van der Waals surface area (Å²) >= 11 is 1.72. The molecule has 0 unspecified atom stereocenters. The smallest absolute Gasteiger partial charge is 0.248 e. The third-order valence-electron chi connectivity index (χ3n) is 5.26. The first-order chi connectivity index (χ1) is 12.6. The lowest BCUT2D eigenvalue weighted by molar-refractivity contribution is -0.136. The molecule has 0 radical (unpaired) electrons. The van der Waals surface area contributed by atoms with Crippen molar-refractivity contribution in [2.45, 2.75) is 37.1 Å². The number of anilines is 1. The van der Waals surface area contributed by atoms with Crippen LogP contribution in [0.5, 0.6) is 0 Å². The van der Waals surface area contributed by atoms with E-state index in [0.717, 1.165) is 24.1 Å². The highest BCUT2D eigenvalue weighted by Gasteiger charge is 2.56. The standard InChI is InChI=1S/C21H22N2O2S/c1-2-15-7-6-10-17(13-15)22-20(25)18-14-26-21(12-11-19(24)23(18)21)16-8-4-3-5-9-16/h3-10,13,18H,2,11-12,14H2,1H3,(H,22,25)/t18-,21+/m1/s1. The average Bonchev–Trinajstić information content (AvgIpc) is 3.22. The molecule has 2 aromatic rings. The van der Waals surface area contributed by atoms with Gasteiger partial charge in [-0.25, -0.2) is 0 Å². The molecule has 2 aliphatic rings. The van der Waals surface area contributed by atoms with Crippen molar-refractivity contribution in [1.82, 2.24) is 4.90 Å². The molecular weight excluding hydrogens is 344 g/mol. The number of amides is 2. The summed E-state index contributed by atoms with van der Waals surface area (Å²) in [5.74, 6) is 0.597. The van der Waals surface area contributed by atoms with E-state index in [1.165, 1.54) is 5.56 Å². The molecule has 134 valence electrons. The van der Waals surface area contributed by atoms with Gasteiger partial charge >= 0.3 is 0 Å². The molecular formula is C21H22N2O2S. The predicted molar refractivity (Wildman–Crippen MR) is 105 cm³/mol. The molecule has 1 N–H and O–H groups in total. The summed E-state index contributed by atoms with van der Waals surface area (Å²) in [6, 6.07) is 17.5. The third kappa shape index (κ3) is 2.80. The maximum Gasteiger partial charge on any atom is 0.248 e. The van der Waals surface area contributed by atoms with Crippen molar-refractivity contribution in [1.29, 1.82) is 0 Å². The molecule has 0 spiro atoms. The van der Waals surface area contributed by atoms with Crippen LogP contribution in [0, 0.1) is 0 Å². The van der Waals surface area contributed by atoms with Crippen molar-refractivity contribution >= 4 is 29.3 Å². The Bertz CT molecular complexity index is 839. The Morgan fingerprint density at radius 3 is 2.81 bits per heavy atom. The molecule has 2 fully saturated rings. The van der Waals surface area contributed by atoms with Crippen molar-refractivity contribution < 1.29 is 9.59 Å². The van der Waals surface area contributed by atoms with E-state index in [1.54, 1.807) is 11.8 Å². The van der Waals surface area contributed by atoms with E-state index in [4.69, 9.17) is 0 Å². The van der Waals surface area contributed by atoms with Gasteiger partial charge in [0.1, 0.15) is 10.9 Å². The highest BCUT2D eigenvalue weighted by atomic mass is 32.2. The summed E-state index contributed by atoms with van der Waals surface area (Å²) in [5, 5.41) is 3.01. The van der Waals surface area contributed by atoms with E-state index < -0.39 is 10.9 Å². The first kappa shape index (κ1) is 17.2. The third-order valence-corrected chi connectivity index (χ3v) is 6.85. The molecule has 2 saturated heterocycles.